The van der Waals surface area contributed by atoms with Crippen molar-refractivity contribution in [3.63, 3.8) is 0 Å². The molecule has 232 valence electrons. The van der Waals surface area contributed by atoms with Crippen LogP contribution in [0.25, 0.3) is 107 Å². The topological polar surface area (TPSA) is 38.7 Å². The van der Waals surface area contributed by atoms with E-state index in [0.29, 0.717) is 17.5 Å². The molecule has 0 amide bonds. The molecule has 5 heteroatoms. The van der Waals surface area contributed by atoms with Crippen LogP contribution in [0.2, 0.25) is 0 Å². The van der Waals surface area contributed by atoms with Crippen molar-refractivity contribution < 1.29 is 0 Å². The Bertz CT molecular complexity index is 3160. The van der Waals surface area contributed by atoms with Crippen molar-refractivity contribution >= 4 is 95.3 Å². The van der Waals surface area contributed by atoms with Crippen LogP contribution in [0.5, 0.6) is 0 Å². The van der Waals surface area contributed by atoms with E-state index in [1.165, 1.54) is 72.7 Å². The number of benzene rings is 8. The zero-order chi connectivity index (χ0) is 32.8. The molecule has 0 aliphatic carbocycles. The molecule has 11 rings (SSSR count). The van der Waals surface area contributed by atoms with Gasteiger partial charge in [0.15, 0.2) is 17.5 Å². The number of aromatic nitrogens is 3. The number of thiophene rings is 2. The Labute approximate surface area is 294 Å². The first-order valence-electron chi connectivity index (χ1n) is 16.7. The second-order valence-corrected chi connectivity index (χ2v) is 14.9. The molecule has 0 aliphatic rings. The first-order chi connectivity index (χ1) is 24.7. The van der Waals surface area contributed by atoms with Gasteiger partial charge in [-0.3, -0.25) is 0 Å². The Morgan fingerprint density at radius 1 is 0.340 bits per heavy atom. The normalized spacial score (nSPS) is 12.0. The Balaban J connectivity index is 1.25. The highest BCUT2D eigenvalue weighted by atomic mass is 32.1. The average molecular weight is 672 g/mol. The van der Waals surface area contributed by atoms with Crippen LogP contribution in [0, 0.1) is 0 Å². The van der Waals surface area contributed by atoms with Crippen molar-refractivity contribution in [1.29, 1.82) is 0 Å². The van der Waals surface area contributed by atoms with Gasteiger partial charge in [0.25, 0.3) is 0 Å². The van der Waals surface area contributed by atoms with E-state index in [4.69, 9.17) is 15.0 Å². The molecule has 0 atom stereocenters. The molecular formula is C45H25N3S2. The lowest BCUT2D eigenvalue weighted by atomic mass is 9.95. The second-order valence-electron chi connectivity index (χ2n) is 12.8. The monoisotopic (exact) mass is 671 g/mol. The van der Waals surface area contributed by atoms with Crippen molar-refractivity contribution in [2.45, 2.75) is 0 Å². The van der Waals surface area contributed by atoms with Crippen molar-refractivity contribution in [1.82, 2.24) is 15.0 Å². The number of nitrogens with zero attached hydrogens (tertiary/aromatic N) is 3. The van der Waals surface area contributed by atoms with Gasteiger partial charge >= 0.3 is 0 Å². The van der Waals surface area contributed by atoms with Crippen LogP contribution < -0.4 is 0 Å². The van der Waals surface area contributed by atoms with Crippen LogP contribution in [-0.2, 0) is 0 Å². The lowest BCUT2D eigenvalue weighted by Crippen LogP contribution is -2.00. The van der Waals surface area contributed by atoms with Gasteiger partial charge in [0.1, 0.15) is 0 Å². The maximum absolute atomic E-state index is 5.32. The summed E-state index contributed by atoms with van der Waals surface area (Å²) in [6.45, 7) is 0. The zero-order valence-corrected chi connectivity index (χ0v) is 28.2. The lowest BCUT2D eigenvalue weighted by molar-refractivity contribution is 1.08. The summed E-state index contributed by atoms with van der Waals surface area (Å²) in [5.41, 5.74) is 2.96. The van der Waals surface area contributed by atoms with Gasteiger partial charge in [-0.1, -0.05) is 109 Å². The van der Waals surface area contributed by atoms with Gasteiger partial charge in [0.2, 0.25) is 0 Å². The smallest absolute Gasteiger partial charge is 0.164 e. The number of rotatable bonds is 3. The Morgan fingerprint density at radius 3 is 1.86 bits per heavy atom. The van der Waals surface area contributed by atoms with Crippen molar-refractivity contribution in [2.75, 3.05) is 0 Å². The SMILES string of the molecule is c1ccc(-c2nc(-c3ccc4sc5ccccc5c4c3)nc(-c3cc4ccc5ccccc5c4c4sc5cc6ccccc6cc5c34)n2)cc1. The third-order valence-electron chi connectivity index (χ3n) is 9.86. The van der Waals surface area contributed by atoms with E-state index in [1.54, 1.807) is 0 Å². The van der Waals surface area contributed by atoms with Crippen LogP contribution in [0.3, 0.4) is 0 Å². The van der Waals surface area contributed by atoms with Crippen molar-refractivity contribution in [3.05, 3.63) is 152 Å². The van der Waals surface area contributed by atoms with Crippen LogP contribution in [-0.4, -0.2) is 15.0 Å². The number of hydrogen-bond donors (Lipinski definition) is 0. The third-order valence-corrected chi connectivity index (χ3v) is 12.2. The fraction of sp³-hybridized carbons (Fsp3) is 0. The summed E-state index contributed by atoms with van der Waals surface area (Å²) in [4.78, 5) is 15.7. The van der Waals surface area contributed by atoms with Gasteiger partial charge in [-0.2, -0.15) is 0 Å². The van der Waals surface area contributed by atoms with Crippen LogP contribution in [0.15, 0.2) is 152 Å². The molecule has 8 aromatic carbocycles. The predicted octanol–water partition coefficient (Wildman–Crippen LogP) is 13.1. The Kier molecular flexibility index (Phi) is 5.99. The van der Waals surface area contributed by atoms with Gasteiger partial charge in [-0.05, 0) is 69.4 Å². The molecule has 0 saturated heterocycles. The van der Waals surface area contributed by atoms with E-state index < -0.39 is 0 Å². The van der Waals surface area contributed by atoms with E-state index >= 15 is 0 Å². The quantitative estimate of drug-likeness (QED) is 0.176. The first kappa shape index (κ1) is 27.9. The minimum Gasteiger partial charge on any atom is -0.208 e. The highest BCUT2D eigenvalue weighted by Crippen LogP contribution is 2.47. The molecule has 50 heavy (non-hydrogen) atoms. The summed E-state index contributed by atoms with van der Waals surface area (Å²) in [5.74, 6) is 2.01. The van der Waals surface area contributed by atoms with E-state index in [9.17, 15) is 0 Å². The molecular weight excluding hydrogens is 647 g/mol. The standard InChI is InChI=1S/C45H25N3S2/c1-2-11-27(12-3-1)43-46-44(31-20-21-38-34(24-31)33-16-8-9-17-37(33)49-38)48-45(47-43)36-23-30-19-18-26-10-6-7-15-32(26)40(30)42-41(36)35-22-28-13-4-5-14-29(28)25-39(35)50-42/h1-25H. The molecule has 0 bridgehead atoms. The molecule has 3 nitrogen and oxygen atoms in total. The number of fused-ring (bicyclic) bond motifs is 11. The molecule has 3 aromatic heterocycles. The molecule has 0 aliphatic heterocycles. The van der Waals surface area contributed by atoms with Gasteiger partial charge in [-0.25, -0.2) is 15.0 Å². The van der Waals surface area contributed by atoms with Crippen molar-refractivity contribution in [2.24, 2.45) is 0 Å². The van der Waals surface area contributed by atoms with Gasteiger partial charge in [-0.15, -0.1) is 22.7 Å². The van der Waals surface area contributed by atoms with Crippen LogP contribution in [0.4, 0.5) is 0 Å². The summed E-state index contributed by atoms with van der Waals surface area (Å²) < 4.78 is 5.05. The predicted molar refractivity (Wildman–Crippen MR) is 214 cm³/mol. The minimum absolute atomic E-state index is 0.664. The van der Waals surface area contributed by atoms with E-state index in [1.807, 2.05) is 40.9 Å². The Hall–Kier alpha value is -6.01. The average Bonchev–Trinajstić information content (AvgIpc) is 3.74. The summed E-state index contributed by atoms with van der Waals surface area (Å²) in [7, 11) is 0. The zero-order valence-electron chi connectivity index (χ0n) is 26.6. The lowest BCUT2D eigenvalue weighted by Gasteiger charge is -2.12. The molecule has 3 heterocycles. The van der Waals surface area contributed by atoms with E-state index in [0.717, 1.165) is 16.7 Å². The van der Waals surface area contributed by atoms with E-state index in [2.05, 4.69) is 133 Å². The van der Waals surface area contributed by atoms with Crippen LogP contribution in [0.1, 0.15) is 0 Å². The fourth-order valence-corrected chi connectivity index (χ4v) is 9.91. The molecule has 11 aromatic rings. The molecule has 0 spiro atoms. The first-order valence-corrected chi connectivity index (χ1v) is 18.3. The summed E-state index contributed by atoms with van der Waals surface area (Å²) in [6, 6.07) is 54.3. The van der Waals surface area contributed by atoms with Gasteiger partial charge in [0.05, 0.1) is 0 Å². The molecule has 0 N–H and O–H groups in total. The maximum Gasteiger partial charge on any atom is 0.164 e. The molecule has 0 saturated carbocycles. The third kappa shape index (κ3) is 4.24. The minimum atomic E-state index is 0.664. The largest absolute Gasteiger partial charge is 0.208 e. The summed E-state index contributed by atoms with van der Waals surface area (Å²) >= 11 is 3.68. The van der Waals surface area contributed by atoms with Gasteiger partial charge < -0.3 is 0 Å². The number of hydrogen-bond acceptors (Lipinski definition) is 5. The van der Waals surface area contributed by atoms with Crippen molar-refractivity contribution in [3.8, 4) is 34.2 Å². The van der Waals surface area contributed by atoms with Gasteiger partial charge in [0, 0.05) is 62.4 Å². The Morgan fingerprint density at radius 2 is 1.00 bits per heavy atom. The molecule has 0 radical (unpaired) electrons. The van der Waals surface area contributed by atoms with E-state index in [-0.39, 0.29) is 0 Å². The molecule has 0 unspecified atom stereocenters. The molecule has 0 fully saturated rings. The highest BCUT2D eigenvalue weighted by molar-refractivity contribution is 7.27. The fourth-order valence-electron chi connectivity index (χ4n) is 7.50. The maximum atomic E-state index is 5.32. The summed E-state index contributed by atoms with van der Waals surface area (Å²) in [5, 5.41) is 12.3. The second kappa shape index (κ2) is 10.7. The summed E-state index contributed by atoms with van der Waals surface area (Å²) in [6.07, 6.45) is 0. The highest BCUT2D eigenvalue weighted by Gasteiger charge is 2.21. The van der Waals surface area contributed by atoms with Crippen LogP contribution >= 0.6 is 22.7 Å².